The van der Waals surface area contributed by atoms with Crippen LogP contribution in [0.15, 0.2) is 4.99 Å². The second-order valence-corrected chi connectivity index (χ2v) is 7.75. The van der Waals surface area contributed by atoms with Crippen LogP contribution in [0.25, 0.3) is 0 Å². The average Bonchev–Trinajstić information content (AvgIpc) is 3.07. The second kappa shape index (κ2) is 12.4. The molecule has 0 aromatic rings. The number of methoxy groups -OCH3 is 1. The van der Waals surface area contributed by atoms with Crippen molar-refractivity contribution >= 4 is 29.9 Å². The molecule has 2 fully saturated rings. The SMILES string of the molecule is CCNC(=NCC1(C)CCCCC1O)N1CCC(COCCOC)C1.I. The Kier molecular flexibility index (Phi) is 11.4. The molecule has 6 nitrogen and oxygen atoms in total. The monoisotopic (exact) mass is 483 g/mol. The second-order valence-electron chi connectivity index (χ2n) is 7.75. The minimum atomic E-state index is -0.228. The third-order valence-electron chi connectivity index (χ3n) is 5.58. The average molecular weight is 483 g/mol. The van der Waals surface area contributed by atoms with Gasteiger partial charge in [-0.25, -0.2) is 0 Å². The van der Waals surface area contributed by atoms with Crippen LogP contribution in [0.3, 0.4) is 0 Å². The molecule has 1 aliphatic heterocycles. The molecule has 3 unspecified atom stereocenters. The summed E-state index contributed by atoms with van der Waals surface area (Å²) in [6.45, 7) is 9.95. The summed E-state index contributed by atoms with van der Waals surface area (Å²) < 4.78 is 10.7. The summed E-state index contributed by atoms with van der Waals surface area (Å²) in [5, 5.41) is 13.8. The maximum Gasteiger partial charge on any atom is 0.193 e. The minimum absolute atomic E-state index is 0. The number of halogens is 1. The minimum Gasteiger partial charge on any atom is -0.392 e. The maximum atomic E-state index is 10.4. The lowest BCUT2D eigenvalue weighted by atomic mass is 9.73. The van der Waals surface area contributed by atoms with Gasteiger partial charge in [-0.15, -0.1) is 24.0 Å². The Morgan fingerprint density at radius 2 is 2.12 bits per heavy atom. The molecule has 154 valence electrons. The van der Waals surface area contributed by atoms with Gasteiger partial charge in [0.05, 0.1) is 32.5 Å². The molecule has 1 saturated carbocycles. The predicted octanol–water partition coefficient (Wildman–Crippen LogP) is 2.50. The van der Waals surface area contributed by atoms with Crippen molar-refractivity contribution in [3.05, 3.63) is 0 Å². The van der Waals surface area contributed by atoms with E-state index in [1.807, 2.05) is 0 Å². The van der Waals surface area contributed by atoms with Crippen LogP contribution in [-0.2, 0) is 9.47 Å². The summed E-state index contributed by atoms with van der Waals surface area (Å²) in [7, 11) is 1.70. The molecule has 0 radical (unpaired) electrons. The van der Waals surface area contributed by atoms with Crippen molar-refractivity contribution in [1.82, 2.24) is 10.2 Å². The Labute approximate surface area is 176 Å². The Morgan fingerprint density at radius 1 is 1.31 bits per heavy atom. The summed E-state index contributed by atoms with van der Waals surface area (Å²) >= 11 is 0. The predicted molar refractivity (Wildman–Crippen MR) is 116 cm³/mol. The van der Waals surface area contributed by atoms with E-state index in [9.17, 15) is 5.11 Å². The quantitative estimate of drug-likeness (QED) is 0.241. The summed E-state index contributed by atoms with van der Waals surface area (Å²) in [5.74, 6) is 1.54. The lowest BCUT2D eigenvalue weighted by Gasteiger charge is -2.37. The van der Waals surface area contributed by atoms with Gasteiger partial charge < -0.3 is 24.8 Å². The third kappa shape index (κ3) is 7.13. The first kappa shape index (κ1) is 23.9. The van der Waals surface area contributed by atoms with E-state index in [4.69, 9.17) is 14.5 Å². The highest BCUT2D eigenvalue weighted by molar-refractivity contribution is 14.0. The number of hydrogen-bond donors (Lipinski definition) is 2. The van der Waals surface area contributed by atoms with E-state index in [1.165, 1.54) is 6.42 Å². The van der Waals surface area contributed by atoms with E-state index < -0.39 is 0 Å². The number of hydrogen-bond acceptors (Lipinski definition) is 4. The number of aliphatic hydroxyl groups excluding tert-OH is 1. The highest BCUT2D eigenvalue weighted by atomic mass is 127. The van der Waals surface area contributed by atoms with E-state index in [0.29, 0.717) is 25.7 Å². The number of aliphatic imine (C=N–C) groups is 1. The van der Waals surface area contributed by atoms with E-state index in [2.05, 4.69) is 24.1 Å². The van der Waals surface area contributed by atoms with Crippen molar-refractivity contribution < 1.29 is 14.6 Å². The molecule has 2 rings (SSSR count). The number of likely N-dealkylation sites (tertiary alicyclic amines) is 1. The molecule has 0 amide bonds. The fourth-order valence-corrected chi connectivity index (χ4v) is 3.80. The number of ether oxygens (including phenoxy) is 2. The third-order valence-corrected chi connectivity index (χ3v) is 5.58. The van der Waals surface area contributed by atoms with Crippen LogP contribution in [0.2, 0.25) is 0 Å². The van der Waals surface area contributed by atoms with Crippen LogP contribution >= 0.6 is 24.0 Å². The van der Waals surface area contributed by atoms with Gasteiger partial charge in [0.25, 0.3) is 0 Å². The molecular formula is C19H38IN3O3. The largest absolute Gasteiger partial charge is 0.392 e. The number of nitrogens with one attached hydrogen (secondary N) is 1. The van der Waals surface area contributed by atoms with Crippen molar-refractivity contribution in [1.29, 1.82) is 0 Å². The first-order valence-electron chi connectivity index (χ1n) is 9.87. The van der Waals surface area contributed by atoms with Gasteiger partial charge in [0.2, 0.25) is 0 Å². The van der Waals surface area contributed by atoms with Crippen molar-refractivity contribution in [3.8, 4) is 0 Å². The molecule has 1 aliphatic carbocycles. The molecule has 7 heteroatoms. The molecule has 1 heterocycles. The van der Waals surface area contributed by atoms with Crippen LogP contribution in [0.1, 0.15) is 46.0 Å². The van der Waals surface area contributed by atoms with Crippen molar-refractivity contribution in [2.45, 2.75) is 52.1 Å². The van der Waals surface area contributed by atoms with Crippen LogP contribution in [0.5, 0.6) is 0 Å². The fraction of sp³-hybridized carbons (Fsp3) is 0.947. The molecule has 1 saturated heterocycles. The first-order valence-corrected chi connectivity index (χ1v) is 9.87. The zero-order valence-corrected chi connectivity index (χ0v) is 19.0. The smallest absolute Gasteiger partial charge is 0.193 e. The van der Waals surface area contributed by atoms with Gasteiger partial charge >= 0.3 is 0 Å². The molecule has 0 aromatic heterocycles. The molecule has 2 aliphatic rings. The van der Waals surface area contributed by atoms with Crippen LogP contribution in [0, 0.1) is 11.3 Å². The number of rotatable bonds is 8. The number of nitrogens with zero attached hydrogens (tertiary/aromatic N) is 2. The zero-order valence-electron chi connectivity index (χ0n) is 16.7. The van der Waals surface area contributed by atoms with E-state index in [1.54, 1.807) is 7.11 Å². The number of guanidine groups is 1. The number of aliphatic hydroxyl groups is 1. The lowest BCUT2D eigenvalue weighted by Crippen LogP contribution is -2.43. The van der Waals surface area contributed by atoms with Gasteiger partial charge in [-0.05, 0) is 26.2 Å². The normalized spacial score (nSPS) is 29.5. The van der Waals surface area contributed by atoms with E-state index in [0.717, 1.165) is 57.9 Å². The molecular weight excluding hydrogens is 445 g/mol. The summed E-state index contributed by atoms with van der Waals surface area (Å²) in [5.41, 5.74) is -0.0820. The maximum absolute atomic E-state index is 10.4. The van der Waals surface area contributed by atoms with Gasteiger partial charge in [-0.3, -0.25) is 4.99 Å². The van der Waals surface area contributed by atoms with Crippen LogP contribution in [0.4, 0.5) is 0 Å². The Hall–Kier alpha value is -0.120. The van der Waals surface area contributed by atoms with Gasteiger partial charge in [0.1, 0.15) is 0 Å². The molecule has 2 N–H and O–H groups in total. The highest BCUT2D eigenvalue weighted by Gasteiger charge is 2.35. The summed E-state index contributed by atoms with van der Waals surface area (Å²) in [4.78, 5) is 7.24. The van der Waals surface area contributed by atoms with Gasteiger partial charge in [0.15, 0.2) is 5.96 Å². The van der Waals surface area contributed by atoms with Gasteiger partial charge in [-0.2, -0.15) is 0 Å². The van der Waals surface area contributed by atoms with Crippen LogP contribution < -0.4 is 5.32 Å². The zero-order chi connectivity index (χ0) is 18.1. The molecule has 0 aromatic carbocycles. The molecule has 26 heavy (non-hydrogen) atoms. The summed E-state index contributed by atoms with van der Waals surface area (Å²) in [6, 6.07) is 0. The lowest BCUT2D eigenvalue weighted by molar-refractivity contribution is 0.00704. The molecule has 0 bridgehead atoms. The molecule has 0 spiro atoms. The van der Waals surface area contributed by atoms with Gasteiger partial charge in [-0.1, -0.05) is 19.8 Å². The van der Waals surface area contributed by atoms with Crippen molar-refractivity contribution in [2.24, 2.45) is 16.3 Å². The van der Waals surface area contributed by atoms with Gasteiger partial charge in [0, 0.05) is 38.1 Å². The van der Waals surface area contributed by atoms with E-state index in [-0.39, 0.29) is 35.5 Å². The fourth-order valence-electron chi connectivity index (χ4n) is 3.80. The van der Waals surface area contributed by atoms with Crippen molar-refractivity contribution in [3.63, 3.8) is 0 Å². The van der Waals surface area contributed by atoms with Crippen LogP contribution in [-0.4, -0.2) is 75.2 Å². The standard InChI is InChI=1S/C19H37N3O3.HI/c1-4-20-18(21-15-19(2)9-6-5-7-17(19)23)22-10-8-16(13-22)14-25-12-11-24-3;/h16-17,23H,4-15H2,1-3H3,(H,20,21);1H. The first-order chi connectivity index (χ1) is 12.1. The Bertz CT molecular complexity index is 425. The highest BCUT2D eigenvalue weighted by Crippen LogP contribution is 2.36. The van der Waals surface area contributed by atoms with Crippen molar-refractivity contribution in [2.75, 3.05) is 53.1 Å². The Morgan fingerprint density at radius 3 is 2.81 bits per heavy atom. The van der Waals surface area contributed by atoms with E-state index >= 15 is 0 Å². The Balaban J connectivity index is 0.00000338. The summed E-state index contributed by atoms with van der Waals surface area (Å²) in [6.07, 6.45) is 5.22. The molecule has 3 atom stereocenters. The topological polar surface area (TPSA) is 66.3 Å².